The van der Waals surface area contributed by atoms with E-state index in [1.807, 2.05) is 24.3 Å². The highest BCUT2D eigenvalue weighted by Crippen LogP contribution is 2.33. The number of benzene rings is 2. The van der Waals surface area contributed by atoms with Crippen LogP contribution in [0.25, 0.3) is 12.2 Å². The minimum atomic E-state index is -3.98. The van der Waals surface area contributed by atoms with E-state index in [2.05, 4.69) is 5.16 Å². The zero-order chi connectivity index (χ0) is 24.6. The Labute approximate surface area is 203 Å². The first-order chi connectivity index (χ1) is 16.9. The first-order valence-electron chi connectivity index (χ1n) is 11.6. The van der Waals surface area contributed by atoms with Gasteiger partial charge in [-0.2, -0.15) is 4.31 Å². The number of carbonyl (C=O) groups excluding carboxylic acids is 1. The highest BCUT2D eigenvalue weighted by atomic mass is 32.2. The third kappa shape index (κ3) is 4.41. The van der Waals surface area contributed by atoms with Gasteiger partial charge >= 0.3 is 0 Å². The summed E-state index contributed by atoms with van der Waals surface area (Å²) in [6.45, 7) is 2.58. The van der Waals surface area contributed by atoms with Gasteiger partial charge in [-0.15, -0.1) is 0 Å². The SMILES string of the molecule is Cc1noc(C=Cc2ccccc2F)c1S(=O)(=O)N1CCCC(C(=O)N2CCc3ccccc32)C1. The summed E-state index contributed by atoms with van der Waals surface area (Å²) in [4.78, 5) is 15.1. The van der Waals surface area contributed by atoms with Gasteiger partial charge in [-0.05, 0) is 56.0 Å². The van der Waals surface area contributed by atoms with Gasteiger partial charge in [0.05, 0.1) is 5.92 Å². The zero-order valence-corrected chi connectivity index (χ0v) is 20.2. The maximum Gasteiger partial charge on any atom is 0.248 e. The first kappa shape index (κ1) is 23.4. The highest BCUT2D eigenvalue weighted by Gasteiger charge is 2.39. The summed E-state index contributed by atoms with van der Waals surface area (Å²) in [6, 6.07) is 14.0. The third-order valence-electron chi connectivity index (χ3n) is 6.64. The van der Waals surface area contributed by atoms with Crippen LogP contribution in [0.4, 0.5) is 10.1 Å². The van der Waals surface area contributed by atoms with Crippen molar-refractivity contribution in [1.29, 1.82) is 0 Å². The Hall–Kier alpha value is -3.30. The van der Waals surface area contributed by atoms with Crippen molar-refractivity contribution >= 4 is 33.8 Å². The Morgan fingerprint density at radius 3 is 2.71 bits per heavy atom. The molecule has 0 aliphatic carbocycles. The predicted molar refractivity (Wildman–Crippen MR) is 131 cm³/mol. The van der Waals surface area contributed by atoms with Gasteiger partial charge in [0.2, 0.25) is 15.9 Å². The molecule has 0 bridgehead atoms. The molecule has 0 saturated carbocycles. The Balaban J connectivity index is 1.38. The number of aromatic nitrogens is 1. The van der Waals surface area contributed by atoms with Gasteiger partial charge in [-0.25, -0.2) is 12.8 Å². The van der Waals surface area contributed by atoms with Gasteiger partial charge in [0, 0.05) is 30.9 Å². The minimum absolute atomic E-state index is 0.0349. The smallest absolute Gasteiger partial charge is 0.248 e. The van der Waals surface area contributed by atoms with E-state index in [4.69, 9.17) is 4.52 Å². The Kier molecular flexibility index (Phi) is 6.29. The number of sulfonamides is 1. The monoisotopic (exact) mass is 495 g/mol. The lowest BCUT2D eigenvalue weighted by Crippen LogP contribution is -2.46. The Morgan fingerprint density at radius 1 is 1.11 bits per heavy atom. The number of carbonyl (C=O) groups is 1. The fraction of sp³-hybridized carbons (Fsp3) is 0.308. The summed E-state index contributed by atoms with van der Waals surface area (Å²) < 4.78 is 47.9. The number of fused-ring (bicyclic) bond motifs is 1. The fourth-order valence-corrected chi connectivity index (χ4v) is 6.63. The molecule has 2 aliphatic heterocycles. The van der Waals surface area contributed by atoms with E-state index in [-0.39, 0.29) is 28.8 Å². The van der Waals surface area contributed by atoms with Gasteiger partial charge in [-0.3, -0.25) is 4.79 Å². The van der Waals surface area contributed by atoms with Crippen LogP contribution in [-0.4, -0.2) is 43.4 Å². The lowest BCUT2D eigenvalue weighted by atomic mass is 9.98. The van der Waals surface area contributed by atoms with E-state index < -0.39 is 21.8 Å². The molecular weight excluding hydrogens is 469 g/mol. The van der Waals surface area contributed by atoms with Crippen LogP contribution in [0, 0.1) is 18.7 Å². The van der Waals surface area contributed by atoms with Crippen LogP contribution in [0.15, 0.2) is 57.9 Å². The average Bonchev–Trinajstić information content (AvgIpc) is 3.47. The number of nitrogens with zero attached hydrogens (tertiary/aromatic N) is 3. The molecule has 1 aromatic heterocycles. The van der Waals surface area contributed by atoms with Crippen molar-refractivity contribution in [3.05, 3.63) is 76.9 Å². The van der Waals surface area contributed by atoms with Crippen LogP contribution in [0.1, 0.15) is 35.4 Å². The standard InChI is InChI=1S/C26H26FN3O4S/c1-18-25(24(34-28-18)13-12-19-7-2-4-10-22(19)27)35(32,33)29-15-6-9-21(17-29)26(31)30-16-14-20-8-3-5-11-23(20)30/h2-5,7-8,10-13,21H,6,9,14-17H2,1H3. The molecular formula is C26H26FN3O4S. The van der Waals surface area contributed by atoms with Crippen LogP contribution >= 0.6 is 0 Å². The minimum Gasteiger partial charge on any atom is -0.355 e. The number of hydrogen-bond donors (Lipinski definition) is 0. The number of para-hydroxylation sites is 1. The maximum atomic E-state index is 14.0. The lowest BCUT2D eigenvalue weighted by molar-refractivity contribution is -0.123. The predicted octanol–water partition coefficient (Wildman–Crippen LogP) is 4.28. The Bertz CT molecular complexity index is 1400. The molecule has 2 aromatic carbocycles. The quantitative estimate of drug-likeness (QED) is 0.528. The molecule has 5 rings (SSSR count). The summed E-state index contributed by atoms with van der Waals surface area (Å²) in [6.07, 6.45) is 4.89. The molecule has 0 N–H and O–H groups in total. The molecule has 0 radical (unpaired) electrons. The fourth-order valence-electron chi connectivity index (χ4n) is 4.85. The van der Waals surface area contributed by atoms with Gasteiger partial charge in [0.25, 0.3) is 0 Å². The number of piperidine rings is 1. The second kappa shape index (κ2) is 9.39. The first-order valence-corrected chi connectivity index (χ1v) is 13.1. The van der Waals surface area contributed by atoms with E-state index in [9.17, 15) is 17.6 Å². The normalized spacial score (nSPS) is 18.8. The van der Waals surface area contributed by atoms with Crippen molar-refractivity contribution in [1.82, 2.24) is 9.46 Å². The molecule has 3 aromatic rings. The number of aryl methyl sites for hydroxylation is 1. The van der Waals surface area contributed by atoms with Crippen molar-refractivity contribution < 1.29 is 22.1 Å². The van der Waals surface area contributed by atoms with Crippen molar-refractivity contribution in [2.75, 3.05) is 24.5 Å². The molecule has 1 amide bonds. The number of halogens is 1. The molecule has 7 nitrogen and oxygen atoms in total. The molecule has 1 atom stereocenters. The molecule has 2 aliphatic rings. The van der Waals surface area contributed by atoms with Gasteiger partial charge < -0.3 is 9.42 Å². The van der Waals surface area contributed by atoms with Gasteiger partial charge in [0.15, 0.2) is 10.7 Å². The Morgan fingerprint density at radius 2 is 1.89 bits per heavy atom. The largest absolute Gasteiger partial charge is 0.355 e. The molecule has 1 fully saturated rings. The molecule has 0 spiro atoms. The topological polar surface area (TPSA) is 83.7 Å². The third-order valence-corrected chi connectivity index (χ3v) is 8.66. The average molecular weight is 496 g/mol. The molecule has 35 heavy (non-hydrogen) atoms. The lowest BCUT2D eigenvalue weighted by Gasteiger charge is -2.33. The zero-order valence-electron chi connectivity index (χ0n) is 19.4. The summed E-state index contributed by atoms with van der Waals surface area (Å²) in [5.41, 5.74) is 2.57. The highest BCUT2D eigenvalue weighted by molar-refractivity contribution is 7.89. The number of amides is 1. The second-order valence-electron chi connectivity index (χ2n) is 8.89. The number of hydrogen-bond acceptors (Lipinski definition) is 5. The van der Waals surface area contributed by atoms with E-state index in [1.165, 1.54) is 22.5 Å². The van der Waals surface area contributed by atoms with E-state index >= 15 is 0 Å². The summed E-state index contributed by atoms with van der Waals surface area (Å²) in [7, 11) is -3.98. The summed E-state index contributed by atoms with van der Waals surface area (Å²) >= 11 is 0. The second-order valence-corrected chi connectivity index (χ2v) is 10.8. The van der Waals surface area contributed by atoms with Crippen molar-refractivity contribution in [3.8, 4) is 0 Å². The maximum absolute atomic E-state index is 14.0. The molecule has 9 heteroatoms. The van der Waals surface area contributed by atoms with E-state index in [1.54, 1.807) is 30.0 Å². The van der Waals surface area contributed by atoms with Crippen LogP contribution in [0.5, 0.6) is 0 Å². The molecule has 182 valence electrons. The summed E-state index contributed by atoms with van der Waals surface area (Å²) in [5.74, 6) is -0.864. The van der Waals surface area contributed by atoms with Crippen molar-refractivity contribution in [2.45, 2.75) is 31.1 Å². The van der Waals surface area contributed by atoms with Crippen LogP contribution < -0.4 is 4.90 Å². The van der Waals surface area contributed by atoms with Crippen LogP contribution in [-0.2, 0) is 21.2 Å². The molecule has 3 heterocycles. The van der Waals surface area contributed by atoms with E-state index in [0.717, 1.165) is 17.7 Å². The number of rotatable bonds is 5. The van der Waals surface area contributed by atoms with Crippen molar-refractivity contribution in [2.24, 2.45) is 5.92 Å². The van der Waals surface area contributed by atoms with E-state index in [0.29, 0.717) is 31.5 Å². The van der Waals surface area contributed by atoms with Gasteiger partial charge in [0.1, 0.15) is 11.5 Å². The van der Waals surface area contributed by atoms with Crippen LogP contribution in [0.3, 0.4) is 0 Å². The van der Waals surface area contributed by atoms with Gasteiger partial charge in [-0.1, -0.05) is 41.6 Å². The molecule has 1 saturated heterocycles. The van der Waals surface area contributed by atoms with Crippen molar-refractivity contribution in [3.63, 3.8) is 0 Å². The number of anilines is 1. The molecule has 1 unspecified atom stereocenters. The van der Waals surface area contributed by atoms with Crippen LogP contribution in [0.2, 0.25) is 0 Å². The summed E-state index contributed by atoms with van der Waals surface area (Å²) in [5, 5.41) is 3.85.